The van der Waals surface area contributed by atoms with Crippen LogP contribution < -0.4 is 4.90 Å². The quantitative estimate of drug-likeness (QED) is 0.600. The molecule has 0 saturated heterocycles. The van der Waals surface area contributed by atoms with E-state index in [1.807, 2.05) is 0 Å². The summed E-state index contributed by atoms with van der Waals surface area (Å²) >= 11 is 0. The van der Waals surface area contributed by atoms with Gasteiger partial charge in [0, 0.05) is 24.4 Å². The third kappa shape index (κ3) is 1.16. The van der Waals surface area contributed by atoms with Gasteiger partial charge in [0.05, 0.1) is 0 Å². The Labute approximate surface area is 86.1 Å². The first-order chi connectivity index (χ1) is 6.63. The van der Waals surface area contributed by atoms with E-state index < -0.39 is 0 Å². The fourth-order valence-electron chi connectivity index (χ4n) is 2.15. The summed E-state index contributed by atoms with van der Waals surface area (Å²) in [5, 5.41) is 0. The lowest BCUT2D eigenvalue weighted by Crippen LogP contribution is -2.23. The van der Waals surface area contributed by atoms with E-state index in [0.29, 0.717) is 5.92 Å². The van der Waals surface area contributed by atoms with E-state index in [0.717, 1.165) is 0 Å². The number of allylic oxidation sites excluding steroid dienone is 2. The van der Waals surface area contributed by atoms with Crippen LogP contribution in [0, 0.1) is 0 Å². The van der Waals surface area contributed by atoms with Crippen LogP contribution >= 0.6 is 0 Å². The van der Waals surface area contributed by atoms with E-state index in [2.05, 4.69) is 57.0 Å². The minimum Gasteiger partial charge on any atom is -0.348 e. The summed E-state index contributed by atoms with van der Waals surface area (Å²) in [7, 11) is 2.14. The second-order valence-corrected chi connectivity index (χ2v) is 4.11. The van der Waals surface area contributed by atoms with E-state index in [1.165, 1.54) is 22.5 Å². The minimum absolute atomic E-state index is 0.558. The van der Waals surface area contributed by atoms with Crippen molar-refractivity contribution < 1.29 is 0 Å². The standard InChI is InChI=1S/C13H17N/c1-9-10(2)12-7-5-6-8-13(12)14(4)11(9)3/h5-8,10H,1-4H3. The van der Waals surface area contributed by atoms with Crippen molar-refractivity contribution in [3.8, 4) is 0 Å². The number of nitrogens with zero attached hydrogens (tertiary/aromatic N) is 1. The fraction of sp³-hybridized carbons (Fsp3) is 0.385. The molecule has 14 heavy (non-hydrogen) atoms. The number of benzene rings is 1. The summed E-state index contributed by atoms with van der Waals surface area (Å²) in [4.78, 5) is 2.28. The third-order valence-corrected chi connectivity index (χ3v) is 3.49. The van der Waals surface area contributed by atoms with Gasteiger partial charge in [0.25, 0.3) is 0 Å². The summed E-state index contributed by atoms with van der Waals surface area (Å²) < 4.78 is 0. The Morgan fingerprint density at radius 1 is 1.14 bits per heavy atom. The Balaban J connectivity index is 2.61. The highest BCUT2D eigenvalue weighted by molar-refractivity contribution is 5.63. The van der Waals surface area contributed by atoms with Gasteiger partial charge in [-0.1, -0.05) is 25.1 Å². The van der Waals surface area contributed by atoms with E-state index in [-0.39, 0.29) is 0 Å². The smallest absolute Gasteiger partial charge is 0.0444 e. The molecule has 1 aliphatic rings. The summed E-state index contributed by atoms with van der Waals surface area (Å²) in [5.74, 6) is 0.558. The maximum absolute atomic E-state index is 2.28. The largest absolute Gasteiger partial charge is 0.348 e. The number of para-hydroxylation sites is 1. The van der Waals surface area contributed by atoms with Crippen molar-refractivity contribution in [1.29, 1.82) is 0 Å². The Hall–Kier alpha value is -1.24. The van der Waals surface area contributed by atoms with Crippen molar-refractivity contribution in [3.63, 3.8) is 0 Å². The molecule has 0 amide bonds. The number of rotatable bonds is 0. The molecule has 0 spiro atoms. The molecule has 1 aliphatic heterocycles. The molecule has 1 aromatic carbocycles. The average Bonchev–Trinajstić information content (AvgIpc) is 2.23. The summed E-state index contributed by atoms with van der Waals surface area (Å²) in [6.07, 6.45) is 0. The van der Waals surface area contributed by atoms with Crippen LogP contribution in [0.15, 0.2) is 35.5 Å². The Morgan fingerprint density at radius 3 is 2.50 bits per heavy atom. The maximum atomic E-state index is 2.28. The summed E-state index contributed by atoms with van der Waals surface area (Å²) in [6, 6.07) is 8.65. The van der Waals surface area contributed by atoms with E-state index in [1.54, 1.807) is 0 Å². The Bertz CT molecular complexity index is 353. The van der Waals surface area contributed by atoms with Crippen molar-refractivity contribution in [3.05, 3.63) is 41.1 Å². The molecule has 1 aromatic rings. The highest BCUT2D eigenvalue weighted by Crippen LogP contribution is 2.39. The predicted molar refractivity (Wildman–Crippen MR) is 61.6 cm³/mol. The minimum atomic E-state index is 0.558. The lowest BCUT2D eigenvalue weighted by molar-refractivity contribution is 0.820. The normalized spacial score (nSPS) is 21.1. The van der Waals surface area contributed by atoms with Crippen molar-refractivity contribution in [2.45, 2.75) is 26.7 Å². The van der Waals surface area contributed by atoms with E-state index in [9.17, 15) is 0 Å². The summed E-state index contributed by atoms with van der Waals surface area (Å²) in [6.45, 7) is 6.71. The number of hydrogen-bond acceptors (Lipinski definition) is 1. The highest BCUT2D eigenvalue weighted by atomic mass is 15.1. The molecule has 0 N–H and O–H groups in total. The molecule has 0 bridgehead atoms. The monoisotopic (exact) mass is 187 g/mol. The van der Waals surface area contributed by atoms with Gasteiger partial charge in [-0.05, 0) is 31.1 Å². The van der Waals surface area contributed by atoms with Gasteiger partial charge in [-0.15, -0.1) is 0 Å². The van der Waals surface area contributed by atoms with Crippen molar-refractivity contribution >= 4 is 5.69 Å². The topological polar surface area (TPSA) is 3.24 Å². The molecular weight excluding hydrogens is 170 g/mol. The van der Waals surface area contributed by atoms with Gasteiger partial charge in [0.1, 0.15) is 0 Å². The molecule has 0 aromatic heterocycles. The zero-order valence-corrected chi connectivity index (χ0v) is 9.33. The molecule has 1 heterocycles. The van der Waals surface area contributed by atoms with Gasteiger partial charge in [-0.25, -0.2) is 0 Å². The lowest BCUT2D eigenvalue weighted by atomic mass is 9.87. The zero-order valence-electron chi connectivity index (χ0n) is 9.33. The van der Waals surface area contributed by atoms with E-state index in [4.69, 9.17) is 0 Å². The first-order valence-corrected chi connectivity index (χ1v) is 5.13. The maximum Gasteiger partial charge on any atom is 0.0444 e. The zero-order chi connectivity index (χ0) is 10.3. The molecule has 0 fully saturated rings. The second kappa shape index (κ2) is 3.16. The van der Waals surface area contributed by atoms with E-state index >= 15 is 0 Å². The van der Waals surface area contributed by atoms with Crippen molar-refractivity contribution in [1.82, 2.24) is 0 Å². The summed E-state index contributed by atoms with van der Waals surface area (Å²) in [5.41, 5.74) is 5.66. The lowest BCUT2D eigenvalue weighted by Gasteiger charge is -2.33. The molecule has 0 radical (unpaired) electrons. The van der Waals surface area contributed by atoms with Crippen LogP contribution in [0.2, 0.25) is 0 Å². The molecule has 0 aliphatic carbocycles. The predicted octanol–water partition coefficient (Wildman–Crippen LogP) is 3.53. The molecular formula is C13H17N. The molecule has 2 rings (SSSR count). The van der Waals surface area contributed by atoms with Crippen LogP contribution in [0.4, 0.5) is 5.69 Å². The molecule has 1 nitrogen and oxygen atoms in total. The van der Waals surface area contributed by atoms with Gasteiger partial charge in [-0.2, -0.15) is 0 Å². The fourth-order valence-corrected chi connectivity index (χ4v) is 2.15. The van der Waals surface area contributed by atoms with Crippen LogP contribution in [-0.4, -0.2) is 7.05 Å². The SMILES string of the molecule is CC1=C(C)N(C)c2ccccc2C1C. The van der Waals surface area contributed by atoms with Crippen molar-refractivity contribution in [2.75, 3.05) is 11.9 Å². The number of anilines is 1. The Kier molecular flexibility index (Phi) is 2.10. The van der Waals surface area contributed by atoms with Crippen LogP contribution in [0.25, 0.3) is 0 Å². The first-order valence-electron chi connectivity index (χ1n) is 5.13. The molecule has 0 saturated carbocycles. The van der Waals surface area contributed by atoms with Crippen molar-refractivity contribution in [2.24, 2.45) is 0 Å². The van der Waals surface area contributed by atoms with Gasteiger partial charge in [-0.3, -0.25) is 0 Å². The van der Waals surface area contributed by atoms with Gasteiger partial charge in [0.2, 0.25) is 0 Å². The Morgan fingerprint density at radius 2 is 1.79 bits per heavy atom. The third-order valence-electron chi connectivity index (χ3n) is 3.49. The first kappa shape index (κ1) is 9.32. The molecule has 1 unspecified atom stereocenters. The second-order valence-electron chi connectivity index (χ2n) is 4.11. The van der Waals surface area contributed by atoms with Crippen LogP contribution in [0.5, 0.6) is 0 Å². The van der Waals surface area contributed by atoms with Crippen LogP contribution in [0.3, 0.4) is 0 Å². The number of hydrogen-bond donors (Lipinski definition) is 0. The highest BCUT2D eigenvalue weighted by Gasteiger charge is 2.22. The van der Waals surface area contributed by atoms with Crippen LogP contribution in [-0.2, 0) is 0 Å². The average molecular weight is 187 g/mol. The molecule has 1 heteroatoms. The molecule has 74 valence electrons. The van der Waals surface area contributed by atoms with Crippen LogP contribution in [0.1, 0.15) is 32.3 Å². The van der Waals surface area contributed by atoms with Gasteiger partial charge < -0.3 is 4.90 Å². The number of fused-ring (bicyclic) bond motifs is 1. The molecule has 1 atom stereocenters. The van der Waals surface area contributed by atoms with Gasteiger partial charge >= 0.3 is 0 Å². The van der Waals surface area contributed by atoms with Gasteiger partial charge in [0.15, 0.2) is 0 Å².